The number of aromatic nitrogens is 3. The highest BCUT2D eigenvalue weighted by atomic mass is 32.2. The molecule has 3 heterocycles. The first-order valence-electron chi connectivity index (χ1n) is 8.52. The molecule has 2 aromatic rings. The van der Waals surface area contributed by atoms with Crippen LogP contribution in [0, 0.1) is 0 Å². The average Bonchev–Trinajstić information content (AvgIpc) is 2.99. The molecule has 1 aliphatic heterocycles. The van der Waals surface area contributed by atoms with Crippen LogP contribution in [0.5, 0.6) is 0 Å². The van der Waals surface area contributed by atoms with Gasteiger partial charge in [-0.3, -0.25) is 4.79 Å². The van der Waals surface area contributed by atoms with Gasteiger partial charge in [-0.25, -0.2) is 8.42 Å². The summed E-state index contributed by atoms with van der Waals surface area (Å²) in [7, 11) is -1.19. The summed E-state index contributed by atoms with van der Waals surface area (Å²) in [5.74, 6) is 1.68. The third-order valence-corrected chi connectivity index (χ3v) is 7.49. The zero-order chi connectivity index (χ0) is 18.3. The smallest absolute Gasteiger partial charge is 0.233 e. The number of sulfone groups is 1. The fourth-order valence-electron chi connectivity index (χ4n) is 3.31. The van der Waals surface area contributed by atoms with Crippen molar-refractivity contribution in [2.24, 2.45) is 7.05 Å². The van der Waals surface area contributed by atoms with Crippen LogP contribution in [0.15, 0.2) is 28.0 Å². The highest BCUT2D eigenvalue weighted by Crippen LogP contribution is 2.33. The predicted octanol–water partition coefficient (Wildman–Crippen LogP) is 1.35. The summed E-state index contributed by atoms with van der Waals surface area (Å²) in [5, 5.41) is 8.88. The normalized spacial score (nSPS) is 21.8. The van der Waals surface area contributed by atoms with Gasteiger partial charge in [0.25, 0.3) is 0 Å². The van der Waals surface area contributed by atoms with Crippen molar-refractivity contribution in [3.8, 4) is 11.6 Å². The molecule has 1 amide bonds. The van der Waals surface area contributed by atoms with E-state index in [0.717, 1.165) is 12.8 Å². The zero-order valence-electron chi connectivity index (χ0n) is 14.4. The Bertz CT molecular complexity index is 903. The number of carbonyl (C=O) groups excluding carboxylic acids is 1. The van der Waals surface area contributed by atoms with E-state index in [1.165, 1.54) is 11.8 Å². The quantitative estimate of drug-likeness (QED) is 0.680. The molecule has 1 aliphatic carbocycles. The molecule has 0 aromatic carbocycles. The molecule has 2 aliphatic rings. The summed E-state index contributed by atoms with van der Waals surface area (Å²) in [6, 6.07) is 3.60. The van der Waals surface area contributed by atoms with Gasteiger partial charge in [-0.1, -0.05) is 11.8 Å². The molecule has 1 atom stereocenters. The summed E-state index contributed by atoms with van der Waals surface area (Å²) in [4.78, 5) is 14.6. The van der Waals surface area contributed by atoms with E-state index in [1.807, 2.05) is 7.05 Å². The predicted molar refractivity (Wildman–Crippen MR) is 96.4 cm³/mol. The Hall–Kier alpha value is -1.81. The molecular weight excluding hydrogens is 376 g/mol. The van der Waals surface area contributed by atoms with Crippen molar-refractivity contribution in [2.45, 2.75) is 36.5 Å². The van der Waals surface area contributed by atoms with Gasteiger partial charge in [-0.2, -0.15) is 0 Å². The first kappa shape index (κ1) is 17.6. The molecule has 140 valence electrons. The third-order valence-electron chi connectivity index (χ3n) is 4.73. The summed E-state index contributed by atoms with van der Waals surface area (Å²) < 4.78 is 30.7. The summed E-state index contributed by atoms with van der Waals surface area (Å²) in [6.07, 6.45) is 4.03. The van der Waals surface area contributed by atoms with Crippen LogP contribution in [0.4, 0.5) is 0 Å². The molecule has 0 bridgehead atoms. The summed E-state index contributed by atoms with van der Waals surface area (Å²) in [5.41, 5.74) is 0. The molecule has 1 saturated carbocycles. The molecule has 0 spiro atoms. The number of hydrogen-bond acceptors (Lipinski definition) is 7. The maximum atomic E-state index is 12.8. The van der Waals surface area contributed by atoms with Gasteiger partial charge in [0.1, 0.15) is 0 Å². The Balaban J connectivity index is 1.43. The van der Waals surface area contributed by atoms with Crippen LogP contribution in [0.1, 0.15) is 19.3 Å². The van der Waals surface area contributed by atoms with Gasteiger partial charge in [-0.15, -0.1) is 10.2 Å². The largest absolute Gasteiger partial charge is 0.461 e. The van der Waals surface area contributed by atoms with Crippen molar-refractivity contribution in [1.82, 2.24) is 19.7 Å². The van der Waals surface area contributed by atoms with Gasteiger partial charge >= 0.3 is 0 Å². The van der Waals surface area contributed by atoms with Crippen LogP contribution in [0.3, 0.4) is 0 Å². The highest BCUT2D eigenvalue weighted by Gasteiger charge is 2.42. The zero-order valence-corrected chi connectivity index (χ0v) is 16.0. The van der Waals surface area contributed by atoms with Crippen molar-refractivity contribution < 1.29 is 17.6 Å². The van der Waals surface area contributed by atoms with Gasteiger partial charge in [0.2, 0.25) is 5.91 Å². The molecule has 2 fully saturated rings. The Kier molecular flexibility index (Phi) is 4.55. The number of thioether (sulfide) groups is 1. The molecule has 26 heavy (non-hydrogen) atoms. The lowest BCUT2D eigenvalue weighted by atomic mass is 10.2. The van der Waals surface area contributed by atoms with Crippen LogP contribution in [0.25, 0.3) is 11.6 Å². The molecule has 8 nitrogen and oxygen atoms in total. The van der Waals surface area contributed by atoms with Crippen molar-refractivity contribution in [3.05, 3.63) is 18.4 Å². The minimum absolute atomic E-state index is 0.0258. The Morgan fingerprint density at radius 2 is 2.15 bits per heavy atom. The van der Waals surface area contributed by atoms with Gasteiger partial charge in [0.05, 0.1) is 23.5 Å². The van der Waals surface area contributed by atoms with E-state index in [4.69, 9.17) is 4.42 Å². The molecule has 0 N–H and O–H groups in total. The lowest BCUT2D eigenvalue weighted by molar-refractivity contribution is -0.130. The molecule has 1 saturated heterocycles. The number of amides is 1. The highest BCUT2D eigenvalue weighted by molar-refractivity contribution is 7.99. The van der Waals surface area contributed by atoms with Crippen molar-refractivity contribution in [2.75, 3.05) is 17.3 Å². The molecule has 10 heteroatoms. The number of hydrogen-bond donors (Lipinski definition) is 0. The minimum atomic E-state index is -3.01. The van der Waals surface area contributed by atoms with Crippen LogP contribution in [-0.2, 0) is 21.7 Å². The van der Waals surface area contributed by atoms with E-state index < -0.39 is 9.84 Å². The van der Waals surface area contributed by atoms with Gasteiger partial charge in [-0.05, 0) is 31.4 Å². The second kappa shape index (κ2) is 6.73. The number of carbonyl (C=O) groups is 1. The second-order valence-corrected chi connectivity index (χ2v) is 9.89. The third kappa shape index (κ3) is 3.52. The molecular formula is C16H20N4O4S2. The maximum Gasteiger partial charge on any atom is 0.233 e. The van der Waals surface area contributed by atoms with Crippen LogP contribution in [0.2, 0.25) is 0 Å². The maximum absolute atomic E-state index is 12.8. The van der Waals surface area contributed by atoms with Gasteiger partial charge in [0, 0.05) is 19.1 Å². The molecule has 0 unspecified atom stereocenters. The van der Waals surface area contributed by atoms with Crippen LogP contribution < -0.4 is 0 Å². The fraction of sp³-hybridized carbons (Fsp3) is 0.562. The van der Waals surface area contributed by atoms with E-state index in [-0.39, 0.29) is 35.2 Å². The summed E-state index contributed by atoms with van der Waals surface area (Å²) in [6.45, 7) is 0. The Labute approximate surface area is 155 Å². The van der Waals surface area contributed by atoms with Crippen molar-refractivity contribution >= 4 is 27.5 Å². The van der Waals surface area contributed by atoms with E-state index in [9.17, 15) is 13.2 Å². The number of furan rings is 1. The fourth-order valence-corrected chi connectivity index (χ4v) is 5.81. The van der Waals surface area contributed by atoms with Crippen LogP contribution >= 0.6 is 11.8 Å². The van der Waals surface area contributed by atoms with E-state index in [0.29, 0.717) is 23.2 Å². The average molecular weight is 396 g/mol. The van der Waals surface area contributed by atoms with E-state index in [1.54, 1.807) is 27.9 Å². The standard InChI is InChI=1S/C16H20N4O4S2/c1-19-15(13-3-2-7-24-13)17-18-16(19)25-9-14(21)20(11-4-5-11)12-6-8-26(22,23)10-12/h2-3,7,11-12H,4-6,8-10H2,1H3/t12-/m0/s1. The summed E-state index contributed by atoms with van der Waals surface area (Å²) >= 11 is 1.31. The van der Waals surface area contributed by atoms with E-state index >= 15 is 0 Å². The van der Waals surface area contributed by atoms with Gasteiger partial charge < -0.3 is 13.9 Å². The lowest BCUT2D eigenvalue weighted by Gasteiger charge is -2.28. The first-order chi connectivity index (χ1) is 12.4. The molecule has 2 aromatic heterocycles. The van der Waals surface area contributed by atoms with Crippen LogP contribution in [-0.4, -0.2) is 63.3 Å². The van der Waals surface area contributed by atoms with Crippen molar-refractivity contribution in [1.29, 1.82) is 0 Å². The SMILES string of the molecule is Cn1c(SCC(=O)N(C2CC2)[C@H]2CCS(=O)(=O)C2)nnc1-c1ccco1. The lowest BCUT2D eigenvalue weighted by Crippen LogP contribution is -2.43. The Morgan fingerprint density at radius 3 is 2.77 bits per heavy atom. The monoisotopic (exact) mass is 396 g/mol. The second-order valence-electron chi connectivity index (χ2n) is 6.72. The first-order valence-corrected chi connectivity index (χ1v) is 11.3. The number of rotatable bonds is 6. The van der Waals surface area contributed by atoms with E-state index in [2.05, 4.69) is 10.2 Å². The molecule has 0 radical (unpaired) electrons. The van der Waals surface area contributed by atoms with Crippen molar-refractivity contribution in [3.63, 3.8) is 0 Å². The number of nitrogens with zero attached hydrogens (tertiary/aromatic N) is 4. The molecule has 4 rings (SSSR count). The topological polar surface area (TPSA) is 98.3 Å². The minimum Gasteiger partial charge on any atom is -0.461 e. The van der Waals surface area contributed by atoms with Gasteiger partial charge in [0.15, 0.2) is 26.6 Å². The Morgan fingerprint density at radius 1 is 1.35 bits per heavy atom.